The lowest BCUT2D eigenvalue weighted by molar-refractivity contribution is 0.292. The van der Waals surface area contributed by atoms with Crippen LogP contribution < -0.4 is 0 Å². The van der Waals surface area contributed by atoms with Crippen LogP contribution >= 0.6 is 12.1 Å². The molecule has 1 saturated heterocycles. The second-order valence-corrected chi connectivity index (χ2v) is 2.85. The summed E-state index contributed by atoms with van der Waals surface area (Å²) in [6, 6.07) is 0. The minimum atomic E-state index is 0.144. The molecule has 46 valence electrons. The Morgan fingerprint density at radius 2 is 2.78 bits per heavy atom. The second-order valence-electron chi connectivity index (χ2n) is 1.94. The molecule has 2 atom stereocenters. The van der Waals surface area contributed by atoms with Gasteiger partial charge in [-0.15, -0.1) is 0 Å². The van der Waals surface area contributed by atoms with Gasteiger partial charge in [0.05, 0.1) is 12.1 Å². The largest absolute Gasteiger partial charge is 0.259 e. The summed E-state index contributed by atoms with van der Waals surface area (Å²) in [5.41, 5.74) is 0. The Bertz CT molecular complexity index is 260. The highest BCUT2D eigenvalue weighted by atomic mass is 32.2. The lowest BCUT2D eigenvalue weighted by Crippen LogP contribution is -1.86. The molecule has 1 fully saturated rings. The van der Waals surface area contributed by atoms with Crippen molar-refractivity contribution in [1.29, 1.82) is 0 Å². The molecule has 9 heavy (non-hydrogen) atoms. The first kappa shape index (κ1) is 4.32. The minimum Gasteiger partial charge on any atom is -0.259 e. The van der Waals surface area contributed by atoms with Crippen LogP contribution in [0.25, 0.3) is 0 Å². The number of fused-ring (bicyclic) bond motifs is 3. The van der Waals surface area contributed by atoms with Crippen LogP contribution in [0.2, 0.25) is 0 Å². The molecular weight excluding hydrogens is 138 g/mol. The van der Waals surface area contributed by atoms with Crippen molar-refractivity contribution in [2.75, 3.05) is 0 Å². The number of hydrogen-bond acceptors (Lipinski definition) is 4. The average Bonchev–Trinajstić information content (AvgIpc) is 2.38. The zero-order chi connectivity index (χ0) is 5.84. The van der Waals surface area contributed by atoms with E-state index in [1.165, 1.54) is 12.1 Å². The van der Waals surface area contributed by atoms with Gasteiger partial charge in [-0.3, -0.25) is 8.81 Å². The van der Waals surface area contributed by atoms with Crippen molar-refractivity contribution in [2.24, 2.45) is 0 Å². The fraction of sp³-hybridized carbons (Fsp3) is 0.250. The number of imidazole rings is 1. The van der Waals surface area contributed by atoms with Crippen molar-refractivity contribution in [3.63, 3.8) is 0 Å². The Kier molecular flexibility index (Phi) is 0.555. The van der Waals surface area contributed by atoms with Crippen molar-refractivity contribution in [3.8, 4) is 0 Å². The van der Waals surface area contributed by atoms with Gasteiger partial charge in [-0.25, -0.2) is 4.98 Å². The van der Waals surface area contributed by atoms with Gasteiger partial charge in [0.2, 0.25) is 6.23 Å². The highest BCUT2D eigenvalue weighted by molar-refractivity contribution is 7.95. The van der Waals surface area contributed by atoms with Gasteiger partial charge >= 0.3 is 0 Å². The molecule has 5 heteroatoms. The van der Waals surface area contributed by atoms with Crippen LogP contribution in [0.1, 0.15) is 12.1 Å². The molecule has 0 bridgehead atoms. The first-order valence-corrected chi connectivity index (χ1v) is 3.36. The summed E-state index contributed by atoms with van der Waals surface area (Å²) >= 11 is 1.54. The van der Waals surface area contributed by atoms with Gasteiger partial charge in [-0.05, 0) is 0 Å². The number of aromatic nitrogens is 2. The van der Waals surface area contributed by atoms with Gasteiger partial charge in [0.1, 0.15) is 0 Å². The first-order chi connectivity index (χ1) is 4.45. The van der Waals surface area contributed by atoms with Crippen LogP contribution in [0.3, 0.4) is 0 Å². The van der Waals surface area contributed by atoms with Crippen molar-refractivity contribution in [2.45, 2.75) is 6.23 Å². The average molecular weight is 141 g/mol. The van der Waals surface area contributed by atoms with Crippen LogP contribution in [0.5, 0.6) is 0 Å². The van der Waals surface area contributed by atoms with Gasteiger partial charge in [0, 0.05) is 12.4 Å². The fourth-order valence-electron chi connectivity index (χ4n) is 0.907. The monoisotopic (exact) mass is 141 g/mol. The summed E-state index contributed by atoms with van der Waals surface area (Å²) in [7, 11) is 0. The lowest BCUT2D eigenvalue weighted by atomic mass is 10.6. The van der Waals surface area contributed by atoms with Crippen LogP contribution in [0, 0.1) is 0 Å². The molecule has 0 radical (unpaired) electrons. The smallest absolute Gasteiger partial charge is 0.226 e. The van der Waals surface area contributed by atoms with Gasteiger partial charge in [0.15, 0.2) is 5.82 Å². The predicted molar refractivity (Wildman–Crippen MR) is 30.9 cm³/mol. The van der Waals surface area contributed by atoms with E-state index in [1.54, 1.807) is 6.20 Å². The highest BCUT2D eigenvalue weighted by Crippen LogP contribution is 2.49. The quantitative estimate of drug-likeness (QED) is 0.390. The maximum Gasteiger partial charge on any atom is 0.226 e. The van der Waals surface area contributed by atoms with Crippen molar-refractivity contribution >= 4 is 12.1 Å². The zero-order valence-corrected chi connectivity index (χ0v) is 5.21. The third kappa shape index (κ3) is 0.407. The van der Waals surface area contributed by atoms with E-state index in [0.717, 1.165) is 5.82 Å². The van der Waals surface area contributed by atoms with Crippen LogP contribution in [0.15, 0.2) is 12.4 Å². The molecule has 3 heterocycles. The molecule has 0 aliphatic carbocycles. The lowest BCUT2D eigenvalue weighted by Gasteiger charge is -1.91. The topological polar surface area (TPSA) is 33.4 Å². The van der Waals surface area contributed by atoms with Gasteiger partial charge in [-0.1, -0.05) is 4.47 Å². The number of rotatable bonds is 0. The molecule has 0 N–H and O–H groups in total. The summed E-state index contributed by atoms with van der Waals surface area (Å²) in [6.45, 7) is 0. The maximum absolute atomic E-state index is 5.05. The van der Waals surface area contributed by atoms with E-state index in [9.17, 15) is 0 Å². The Balaban J connectivity index is 2.25. The molecule has 0 amide bonds. The summed E-state index contributed by atoms with van der Waals surface area (Å²) < 4.78 is 3.80. The van der Waals surface area contributed by atoms with Gasteiger partial charge in [0.25, 0.3) is 0 Å². The van der Waals surface area contributed by atoms with E-state index in [-0.39, 0.29) is 6.23 Å². The molecule has 1 aromatic rings. The zero-order valence-electron chi connectivity index (χ0n) is 4.39. The second kappa shape index (κ2) is 1.16. The van der Waals surface area contributed by atoms with E-state index >= 15 is 0 Å². The predicted octanol–water partition coefficient (Wildman–Crippen LogP) is 0.554. The van der Waals surface area contributed by atoms with Gasteiger partial charge < -0.3 is 0 Å². The third-order valence-corrected chi connectivity index (χ3v) is 2.30. The summed E-state index contributed by atoms with van der Waals surface area (Å²) in [5, 5.41) is 0. The molecule has 4 nitrogen and oxygen atoms in total. The maximum atomic E-state index is 5.05. The van der Waals surface area contributed by atoms with Crippen LogP contribution in [-0.4, -0.2) is 13.4 Å². The summed E-state index contributed by atoms with van der Waals surface area (Å²) in [6.07, 6.45) is 3.85. The van der Waals surface area contributed by atoms with E-state index in [1.807, 2.05) is 14.6 Å². The first-order valence-electron chi connectivity index (χ1n) is 2.63. The number of hydroxylamine groups is 1. The highest BCUT2D eigenvalue weighted by Gasteiger charge is 2.49. The molecule has 0 spiro atoms. The van der Waals surface area contributed by atoms with Gasteiger partial charge in [-0.2, -0.15) is 0 Å². The normalized spacial score (nSPS) is 36.0. The fourth-order valence-corrected chi connectivity index (χ4v) is 1.71. The van der Waals surface area contributed by atoms with Crippen molar-refractivity contribution in [1.82, 2.24) is 13.4 Å². The van der Waals surface area contributed by atoms with E-state index < -0.39 is 0 Å². The van der Waals surface area contributed by atoms with Crippen LogP contribution in [-0.2, 0) is 4.84 Å². The molecule has 0 aromatic carbocycles. The Morgan fingerprint density at radius 1 is 1.78 bits per heavy atom. The Labute approximate surface area is 55.6 Å². The number of nitrogens with zero attached hydrogens (tertiary/aromatic N) is 3. The SMILES string of the molecule is c1cn2c(n1)C1ON1S2. The molecule has 3 rings (SSSR count). The molecule has 2 unspecified atom stereocenters. The standard InChI is InChI=1S/C4H3N3OS/c1-2-6-3(5-1)4-7(8-4)9-6/h1-2,4H. The summed E-state index contributed by atoms with van der Waals surface area (Å²) in [5.74, 6) is 1.00. The molecule has 2 aliphatic heterocycles. The summed E-state index contributed by atoms with van der Waals surface area (Å²) in [4.78, 5) is 9.15. The Hall–Kier alpha value is -0.520. The number of hydrogen-bond donors (Lipinski definition) is 0. The minimum absolute atomic E-state index is 0.144. The third-order valence-electron chi connectivity index (χ3n) is 1.37. The molecule has 0 saturated carbocycles. The van der Waals surface area contributed by atoms with E-state index in [0.29, 0.717) is 0 Å². The van der Waals surface area contributed by atoms with Crippen molar-refractivity contribution in [3.05, 3.63) is 18.2 Å². The molecule has 1 aromatic heterocycles. The molecular formula is C4H3N3OS. The van der Waals surface area contributed by atoms with Crippen molar-refractivity contribution < 1.29 is 4.84 Å². The van der Waals surface area contributed by atoms with E-state index in [4.69, 9.17) is 4.84 Å². The Morgan fingerprint density at radius 3 is 3.67 bits per heavy atom. The molecule has 2 aliphatic rings. The van der Waals surface area contributed by atoms with E-state index in [2.05, 4.69) is 4.98 Å². The van der Waals surface area contributed by atoms with Crippen LogP contribution in [0.4, 0.5) is 0 Å².